The van der Waals surface area contributed by atoms with Gasteiger partial charge in [0.05, 0.1) is 0 Å². The molecule has 0 aliphatic carbocycles. The summed E-state index contributed by atoms with van der Waals surface area (Å²) in [6, 6.07) is 6.12. The average Bonchev–Trinajstić information content (AvgIpc) is 2.76. The first-order valence-corrected chi connectivity index (χ1v) is 7.14. The summed E-state index contributed by atoms with van der Waals surface area (Å²) < 4.78 is 13.6. The van der Waals surface area contributed by atoms with Gasteiger partial charge < -0.3 is 4.90 Å². The molecule has 0 radical (unpaired) electrons. The van der Waals surface area contributed by atoms with E-state index >= 15 is 0 Å². The Hall–Kier alpha value is -0.930. The van der Waals surface area contributed by atoms with Gasteiger partial charge in [0, 0.05) is 25.7 Å². The third-order valence-corrected chi connectivity index (χ3v) is 4.03. The first-order valence-electron chi connectivity index (χ1n) is 7.14. The van der Waals surface area contributed by atoms with Crippen LogP contribution in [0.1, 0.15) is 37.3 Å². The van der Waals surface area contributed by atoms with Crippen molar-refractivity contribution in [2.45, 2.75) is 38.8 Å². The number of halogens is 1. The average molecular weight is 264 g/mol. The number of nitrogens with zero attached hydrogens (tertiary/aromatic N) is 2. The van der Waals surface area contributed by atoms with Crippen LogP contribution in [0.15, 0.2) is 18.2 Å². The van der Waals surface area contributed by atoms with Gasteiger partial charge in [0.1, 0.15) is 5.82 Å². The second kappa shape index (κ2) is 6.02. The van der Waals surface area contributed by atoms with Crippen LogP contribution in [0.25, 0.3) is 0 Å². The highest BCUT2D eigenvalue weighted by Crippen LogP contribution is 2.21. The Morgan fingerprint density at radius 2 is 2.05 bits per heavy atom. The van der Waals surface area contributed by atoms with E-state index in [-0.39, 0.29) is 5.82 Å². The Bertz CT molecular complexity index is 429. The standard InChI is InChI=1S/C16H25FN2/c1-12(2)14-7-13(8-15(17)9-14)10-19-6-5-16(11-19)18(3)4/h7-9,12,16H,5-6,10-11H2,1-4H3. The smallest absolute Gasteiger partial charge is 0.123 e. The topological polar surface area (TPSA) is 6.48 Å². The first-order chi connectivity index (χ1) is 8.95. The van der Waals surface area contributed by atoms with Crippen LogP contribution in [0, 0.1) is 5.82 Å². The maximum absolute atomic E-state index is 13.6. The van der Waals surface area contributed by atoms with Crippen molar-refractivity contribution in [3.05, 3.63) is 35.1 Å². The molecule has 0 bridgehead atoms. The molecule has 2 nitrogen and oxygen atoms in total. The van der Waals surface area contributed by atoms with Crippen LogP contribution in [0.3, 0.4) is 0 Å². The minimum Gasteiger partial charge on any atom is -0.305 e. The molecule has 0 amide bonds. The highest BCUT2D eigenvalue weighted by Gasteiger charge is 2.23. The molecule has 106 valence electrons. The van der Waals surface area contributed by atoms with E-state index in [0.29, 0.717) is 12.0 Å². The van der Waals surface area contributed by atoms with Gasteiger partial charge in [-0.25, -0.2) is 4.39 Å². The molecule has 1 unspecified atom stereocenters. The molecular formula is C16H25FN2. The van der Waals surface area contributed by atoms with Gasteiger partial charge in [-0.2, -0.15) is 0 Å². The molecule has 1 aromatic rings. The normalized spacial score (nSPS) is 20.7. The lowest BCUT2D eigenvalue weighted by molar-refractivity contribution is 0.264. The van der Waals surface area contributed by atoms with Crippen LogP contribution in [-0.4, -0.2) is 43.0 Å². The van der Waals surface area contributed by atoms with Crippen molar-refractivity contribution < 1.29 is 4.39 Å². The Kier molecular flexibility index (Phi) is 4.58. The van der Waals surface area contributed by atoms with E-state index in [2.05, 4.69) is 43.8 Å². The maximum atomic E-state index is 13.6. The molecule has 0 saturated carbocycles. The maximum Gasteiger partial charge on any atom is 0.123 e. The van der Waals surface area contributed by atoms with E-state index in [1.807, 2.05) is 0 Å². The summed E-state index contributed by atoms with van der Waals surface area (Å²) in [5.74, 6) is 0.270. The molecule has 3 heteroatoms. The molecule has 1 fully saturated rings. The highest BCUT2D eigenvalue weighted by atomic mass is 19.1. The van der Waals surface area contributed by atoms with Gasteiger partial charge in [0.2, 0.25) is 0 Å². The van der Waals surface area contributed by atoms with E-state index in [0.717, 1.165) is 30.8 Å². The molecule has 1 heterocycles. The minimum absolute atomic E-state index is 0.107. The van der Waals surface area contributed by atoms with Gasteiger partial charge in [-0.15, -0.1) is 0 Å². The lowest BCUT2D eigenvalue weighted by Gasteiger charge is -2.20. The summed E-state index contributed by atoms with van der Waals surface area (Å²) in [4.78, 5) is 4.70. The van der Waals surface area contributed by atoms with Crippen molar-refractivity contribution >= 4 is 0 Å². The van der Waals surface area contributed by atoms with Crippen molar-refractivity contribution in [3.8, 4) is 0 Å². The zero-order chi connectivity index (χ0) is 14.0. The predicted molar refractivity (Wildman–Crippen MR) is 77.9 cm³/mol. The van der Waals surface area contributed by atoms with E-state index in [9.17, 15) is 4.39 Å². The summed E-state index contributed by atoms with van der Waals surface area (Å²) in [7, 11) is 4.26. The van der Waals surface area contributed by atoms with Crippen LogP contribution in [0.4, 0.5) is 4.39 Å². The van der Waals surface area contributed by atoms with Gasteiger partial charge in [-0.05, 0) is 49.7 Å². The zero-order valence-corrected chi connectivity index (χ0v) is 12.5. The molecule has 2 rings (SSSR count). The minimum atomic E-state index is -0.107. The number of hydrogen-bond acceptors (Lipinski definition) is 2. The molecule has 0 N–H and O–H groups in total. The van der Waals surface area contributed by atoms with Crippen LogP contribution in [0.5, 0.6) is 0 Å². The molecule has 1 saturated heterocycles. The predicted octanol–water partition coefficient (Wildman–Crippen LogP) is 3.09. The fourth-order valence-corrected chi connectivity index (χ4v) is 2.74. The summed E-state index contributed by atoms with van der Waals surface area (Å²) in [6.45, 7) is 7.27. The summed E-state index contributed by atoms with van der Waals surface area (Å²) in [5, 5.41) is 0. The highest BCUT2D eigenvalue weighted by molar-refractivity contribution is 5.27. The molecule has 19 heavy (non-hydrogen) atoms. The molecule has 1 aliphatic heterocycles. The summed E-state index contributed by atoms with van der Waals surface area (Å²) >= 11 is 0. The molecule has 1 atom stereocenters. The summed E-state index contributed by atoms with van der Waals surface area (Å²) in [5.41, 5.74) is 2.20. The zero-order valence-electron chi connectivity index (χ0n) is 12.5. The Balaban J connectivity index is 2.04. The van der Waals surface area contributed by atoms with Gasteiger partial charge in [-0.1, -0.05) is 19.9 Å². The van der Waals surface area contributed by atoms with E-state index in [1.165, 1.54) is 6.42 Å². The van der Waals surface area contributed by atoms with E-state index < -0.39 is 0 Å². The second-order valence-electron chi connectivity index (χ2n) is 6.19. The van der Waals surface area contributed by atoms with Gasteiger partial charge in [-0.3, -0.25) is 4.90 Å². The number of rotatable bonds is 4. The Morgan fingerprint density at radius 1 is 1.32 bits per heavy atom. The monoisotopic (exact) mass is 264 g/mol. The van der Waals surface area contributed by atoms with Crippen LogP contribution < -0.4 is 0 Å². The third kappa shape index (κ3) is 3.77. The van der Waals surface area contributed by atoms with Crippen molar-refractivity contribution in [1.29, 1.82) is 0 Å². The van der Waals surface area contributed by atoms with Gasteiger partial charge in [0.15, 0.2) is 0 Å². The number of benzene rings is 1. The number of likely N-dealkylation sites (N-methyl/N-ethyl adjacent to an activating group) is 1. The molecule has 0 aromatic heterocycles. The van der Waals surface area contributed by atoms with E-state index in [4.69, 9.17) is 0 Å². The lowest BCUT2D eigenvalue weighted by Crippen LogP contribution is -2.31. The second-order valence-corrected chi connectivity index (χ2v) is 6.19. The fraction of sp³-hybridized carbons (Fsp3) is 0.625. The molecular weight excluding hydrogens is 239 g/mol. The SMILES string of the molecule is CC(C)c1cc(F)cc(CN2CCC(N(C)C)C2)c1. The fourth-order valence-electron chi connectivity index (χ4n) is 2.74. The van der Waals surface area contributed by atoms with Crippen molar-refractivity contribution in [2.24, 2.45) is 0 Å². The Morgan fingerprint density at radius 3 is 2.63 bits per heavy atom. The first kappa shape index (κ1) is 14.5. The number of likely N-dealkylation sites (tertiary alicyclic amines) is 1. The quantitative estimate of drug-likeness (QED) is 0.824. The Labute approximate surface area is 116 Å². The third-order valence-electron chi connectivity index (χ3n) is 4.03. The molecule has 1 aliphatic rings. The van der Waals surface area contributed by atoms with Gasteiger partial charge >= 0.3 is 0 Å². The molecule has 0 spiro atoms. The van der Waals surface area contributed by atoms with Gasteiger partial charge in [0.25, 0.3) is 0 Å². The van der Waals surface area contributed by atoms with Crippen molar-refractivity contribution in [3.63, 3.8) is 0 Å². The van der Waals surface area contributed by atoms with Crippen molar-refractivity contribution in [1.82, 2.24) is 9.80 Å². The largest absolute Gasteiger partial charge is 0.305 e. The van der Waals surface area contributed by atoms with Crippen molar-refractivity contribution in [2.75, 3.05) is 27.2 Å². The van der Waals surface area contributed by atoms with Crippen LogP contribution >= 0.6 is 0 Å². The van der Waals surface area contributed by atoms with Crippen LogP contribution in [-0.2, 0) is 6.54 Å². The van der Waals surface area contributed by atoms with E-state index in [1.54, 1.807) is 12.1 Å². The molecule has 1 aromatic carbocycles. The van der Waals surface area contributed by atoms with Crippen LogP contribution in [0.2, 0.25) is 0 Å². The number of hydrogen-bond donors (Lipinski definition) is 0. The summed E-state index contributed by atoms with van der Waals surface area (Å²) in [6.07, 6.45) is 1.21. The lowest BCUT2D eigenvalue weighted by atomic mass is 10.0.